The maximum atomic E-state index is 6.86. The van der Waals surface area contributed by atoms with Crippen LogP contribution >= 0.6 is 0 Å². The van der Waals surface area contributed by atoms with Crippen molar-refractivity contribution < 1.29 is 0 Å². The molecular formula is H3MgN3. The van der Waals surface area contributed by atoms with Gasteiger partial charge in [-0.25, -0.2) is 0 Å². The number of hydrogen-bond acceptors (Lipinski definition) is 1. The summed E-state index contributed by atoms with van der Waals surface area (Å²) in [5, 5.41) is 0. The van der Waals surface area contributed by atoms with Gasteiger partial charge in [0.2, 0.25) is 0 Å². The van der Waals surface area contributed by atoms with Gasteiger partial charge in [-0.3, -0.25) is 0 Å². The lowest BCUT2D eigenvalue weighted by Crippen LogP contribution is -0.769. The summed E-state index contributed by atoms with van der Waals surface area (Å²) in [7, 11) is 0. The van der Waals surface area contributed by atoms with E-state index in [2.05, 4.69) is 0 Å². The van der Waals surface area contributed by atoms with Gasteiger partial charge >= 0.3 is 23.1 Å². The number of rotatable bonds is 0. The highest BCUT2D eigenvalue weighted by Crippen LogP contribution is 1.24. The second kappa shape index (κ2) is 11.4. The summed E-state index contributed by atoms with van der Waals surface area (Å²) in [6, 6.07) is 0. The Bertz CT molecular complexity index is 24.3. The average Bonchev–Trinajstić information content (AvgIpc) is 0.918. The maximum absolute atomic E-state index is 6.86. The lowest BCUT2D eigenvalue weighted by Gasteiger charge is -1.03. The molecule has 0 fully saturated rings. The summed E-state index contributed by atoms with van der Waals surface area (Å²) < 4.78 is 0. The Morgan fingerprint density at radius 2 is 1.75 bits per heavy atom. The second-order valence-electron chi connectivity index (χ2n) is 0.100. The molecule has 0 aliphatic rings. The summed E-state index contributed by atoms with van der Waals surface area (Å²) in [6.07, 6.45) is 0. The number of nitrogens with zero attached hydrogens (tertiary/aromatic N) is 2. The summed E-state index contributed by atoms with van der Waals surface area (Å²) >= 11 is 0. The van der Waals surface area contributed by atoms with Crippen molar-refractivity contribution in [2.75, 3.05) is 0 Å². The van der Waals surface area contributed by atoms with Crippen LogP contribution in [0.1, 0.15) is 0 Å². The lowest BCUT2D eigenvalue weighted by atomic mass is 13.0. The van der Waals surface area contributed by atoms with E-state index in [1.807, 2.05) is 0 Å². The third kappa shape index (κ3) is 414. The third-order valence-electron chi connectivity index (χ3n) is 0. The summed E-state index contributed by atoms with van der Waals surface area (Å²) in [5.74, 6) is 0. The Labute approximate surface area is 39.6 Å². The minimum atomic E-state index is 0. The van der Waals surface area contributed by atoms with E-state index < -0.39 is 0 Å². The van der Waals surface area contributed by atoms with Gasteiger partial charge in [-0.1, -0.05) is 0 Å². The zero-order valence-electron chi connectivity index (χ0n) is 1.39. The molecule has 4 heteroatoms. The van der Waals surface area contributed by atoms with Crippen LogP contribution in [-0.4, -0.2) is 23.1 Å². The first-order chi connectivity index (χ1) is 1.41. The maximum Gasteiger partial charge on any atom is 0.316 e. The molecule has 0 saturated carbocycles. The highest BCUT2D eigenvalue weighted by Gasteiger charge is 0.973. The minimum Gasteiger partial charge on any atom is -0.108 e. The quantitative estimate of drug-likeness (QED) is 0.180. The zero-order valence-corrected chi connectivity index (χ0v) is 1.39. The fourth-order valence-corrected chi connectivity index (χ4v) is 0. The van der Waals surface area contributed by atoms with Gasteiger partial charge in [0.15, 0.2) is 0 Å². The molecule has 0 atom stereocenters. The molecular weight excluding hydrogens is 66.3 g/mol. The average molecular weight is 69.3 g/mol. The van der Waals surface area contributed by atoms with E-state index in [0.717, 1.165) is 0 Å². The second-order valence-corrected chi connectivity index (χ2v) is 0.100. The Morgan fingerprint density at radius 1 is 1.75 bits per heavy atom. The Hall–Kier alpha value is 0.0762. The molecule has 0 rings (SSSR count). The van der Waals surface area contributed by atoms with Gasteiger partial charge in [0.05, 0.1) is 0 Å². The molecule has 0 aromatic heterocycles. The van der Waals surface area contributed by atoms with Crippen LogP contribution in [0.25, 0.3) is 10.4 Å². The van der Waals surface area contributed by atoms with Gasteiger partial charge in [-0.2, -0.15) is 0 Å². The van der Waals surface area contributed by atoms with Crippen molar-refractivity contribution in [1.29, 1.82) is 5.53 Å². The molecule has 0 saturated heterocycles. The van der Waals surface area contributed by atoms with Crippen LogP contribution in [0.4, 0.5) is 0 Å². The molecule has 0 aromatic carbocycles. The van der Waals surface area contributed by atoms with Crippen molar-refractivity contribution in [2.45, 2.75) is 0 Å². The van der Waals surface area contributed by atoms with Gasteiger partial charge < -0.3 is 0 Å². The van der Waals surface area contributed by atoms with Gasteiger partial charge in [0, 0.05) is 0 Å². The van der Waals surface area contributed by atoms with Gasteiger partial charge in [-0.05, 0) is 10.4 Å². The molecule has 0 unspecified atom stereocenters. The standard InChI is InChI=1S/Mg.HN3.2H/c;1-3-2;;/h;1H;;. The Morgan fingerprint density at radius 3 is 1.75 bits per heavy atom. The predicted molar refractivity (Wildman–Crippen MR) is 18.0 cm³/mol. The van der Waals surface area contributed by atoms with Crippen LogP contribution < -0.4 is 0 Å². The molecule has 4 heavy (non-hydrogen) atoms. The molecule has 0 heterocycles. The molecule has 0 aromatic rings. The molecule has 0 aliphatic carbocycles. The Balaban J connectivity index is 0. The van der Waals surface area contributed by atoms with Crippen LogP contribution in [-0.2, 0) is 0 Å². The zero-order chi connectivity index (χ0) is 2.71. The first-order valence-corrected chi connectivity index (χ1v) is 0.424. The van der Waals surface area contributed by atoms with E-state index in [4.69, 9.17) is 11.1 Å². The summed E-state index contributed by atoms with van der Waals surface area (Å²) in [5.41, 5.74) is 12.2. The molecule has 3 nitrogen and oxygen atoms in total. The van der Waals surface area contributed by atoms with Crippen LogP contribution in [0.3, 0.4) is 0 Å². The van der Waals surface area contributed by atoms with Crippen LogP contribution in [0.5, 0.6) is 0 Å². The van der Waals surface area contributed by atoms with Crippen molar-refractivity contribution in [3.63, 3.8) is 0 Å². The van der Waals surface area contributed by atoms with E-state index in [1.54, 1.807) is 4.91 Å². The highest BCUT2D eigenvalue weighted by molar-refractivity contribution is 5.75. The number of nitrogens with one attached hydrogen (secondary N) is 1. The van der Waals surface area contributed by atoms with E-state index in [9.17, 15) is 0 Å². The van der Waals surface area contributed by atoms with Crippen molar-refractivity contribution in [1.82, 2.24) is 0 Å². The van der Waals surface area contributed by atoms with Crippen LogP contribution in [0.15, 0.2) is 0 Å². The van der Waals surface area contributed by atoms with Crippen molar-refractivity contribution >= 4 is 23.1 Å². The van der Waals surface area contributed by atoms with Crippen LogP contribution in [0.2, 0.25) is 0 Å². The number of hydrogen-bond donors (Lipinski definition) is 1. The molecule has 0 spiro atoms. The lowest BCUT2D eigenvalue weighted by molar-refractivity contribution is 1.45. The molecule has 20 valence electrons. The Kier molecular flexibility index (Phi) is 25.6. The third-order valence-corrected chi connectivity index (χ3v) is 0. The first kappa shape index (κ1) is 8.95. The van der Waals surface area contributed by atoms with Gasteiger partial charge in [-0.15, -0.1) is 5.53 Å². The SMILES string of the molecule is [MgH2].[N-]=[N+]=N. The smallest absolute Gasteiger partial charge is 0.108 e. The minimum absolute atomic E-state index is 0. The van der Waals surface area contributed by atoms with Crippen molar-refractivity contribution in [3.8, 4) is 0 Å². The highest BCUT2D eigenvalue weighted by atomic mass is 24.3. The van der Waals surface area contributed by atoms with Crippen LogP contribution in [0, 0.1) is 5.53 Å². The largest absolute Gasteiger partial charge is 0.316 e. The predicted octanol–water partition coefficient (Wildman–Crippen LogP) is -0.0407. The van der Waals surface area contributed by atoms with E-state index in [1.165, 1.54) is 0 Å². The fourth-order valence-electron chi connectivity index (χ4n) is 0. The van der Waals surface area contributed by atoms with Crippen molar-refractivity contribution in [2.24, 2.45) is 0 Å². The van der Waals surface area contributed by atoms with E-state index in [0.29, 0.717) is 0 Å². The first-order valence-electron chi connectivity index (χ1n) is 0.424. The van der Waals surface area contributed by atoms with E-state index in [-0.39, 0.29) is 23.1 Å². The monoisotopic (exact) mass is 69.0 g/mol. The van der Waals surface area contributed by atoms with E-state index >= 15 is 0 Å². The topological polar surface area (TPSA) is 60.3 Å². The van der Waals surface area contributed by atoms with Crippen molar-refractivity contribution in [3.05, 3.63) is 10.4 Å². The summed E-state index contributed by atoms with van der Waals surface area (Å²) in [6.45, 7) is 0. The molecule has 0 bridgehead atoms. The normalized spacial score (nSPS) is 2.00. The molecule has 0 aliphatic heterocycles. The molecule has 0 amide bonds. The fraction of sp³-hybridized carbons (Fsp3) is 0. The van der Waals surface area contributed by atoms with Gasteiger partial charge in [0.1, 0.15) is 0 Å². The molecule has 0 radical (unpaired) electrons. The van der Waals surface area contributed by atoms with Gasteiger partial charge in [0.25, 0.3) is 0 Å². The summed E-state index contributed by atoms with van der Waals surface area (Å²) in [4.78, 5) is 1.75. The molecule has 1 N–H and O–H groups in total.